The van der Waals surface area contributed by atoms with Gasteiger partial charge < -0.3 is 10.1 Å². The molecule has 2 unspecified atom stereocenters. The molecule has 0 saturated carbocycles. The first-order chi connectivity index (χ1) is 12.5. The summed E-state index contributed by atoms with van der Waals surface area (Å²) in [5.41, 5.74) is 1.25. The average Bonchev–Trinajstić information content (AvgIpc) is 3.04. The number of hydrogen-bond acceptors (Lipinski definition) is 6. The van der Waals surface area contributed by atoms with E-state index in [9.17, 15) is 10.0 Å². The second-order valence-corrected chi connectivity index (χ2v) is 8.23. The Bertz CT molecular complexity index is 911. The molecule has 8 heteroatoms. The minimum absolute atomic E-state index is 0.155. The molecule has 0 radical (unpaired) electrons. The van der Waals surface area contributed by atoms with Crippen molar-refractivity contribution in [1.82, 2.24) is 14.9 Å². The van der Waals surface area contributed by atoms with Gasteiger partial charge in [0, 0.05) is 29.1 Å². The predicted octanol–water partition coefficient (Wildman–Crippen LogP) is 4.09. The van der Waals surface area contributed by atoms with E-state index in [1.165, 1.54) is 11.3 Å². The highest BCUT2D eigenvalue weighted by Crippen LogP contribution is 2.37. The minimum atomic E-state index is -0.809. The monoisotopic (exact) mass is 407 g/mol. The molecule has 2 aromatic rings. The number of aromatic nitrogens is 1. The van der Waals surface area contributed by atoms with Crippen LogP contribution in [0.3, 0.4) is 0 Å². The van der Waals surface area contributed by atoms with Crippen molar-refractivity contribution >= 4 is 40.3 Å². The molecule has 0 amide bonds. The number of hydroxylamine groups is 2. The number of carbonyl (C=O) groups is 1. The van der Waals surface area contributed by atoms with Crippen LogP contribution in [-0.2, 0) is 11.2 Å². The molecule has 2 aliphatic heterocycles. The summed E-state index contributed by atoms with van der Waals surface area (Å²) in [4.78, 5) is 20.0. The third-order valence-electron chi connectivity index (χ3n) is 4.51. The van der Waals surface area contributed by atoms with Crippen LogP contribution >= 0.6 is 34.5 Å². The zero-order chi connectivity index (χ0) is 18.3. The number of nitrogens with zero attached hydrogens (tertiary/aromatic N) is 3. The maximum absolute atomic E-state index is 13.1. The Morgan fingerprint density at radius 3 is 2.92 bits per heavy atom. The van der Waals surface area contributed by atoms with Gasteiger partial charge in [-0.25, -0.2) is 4.98 Å². The van der Waals surface area contributed by atoms with Gasteiger partial charge in [0.05, 0.1) is 5.70 Å². The molecule has 1 N–H and O–H groups in total. The second kappa shape index (κ2) is 7.13. The minimum Gasteiger partial charge on any atom is -0.347 e. The highest BCUT2D eigenvalue weighted by atomic mass is 35.5. The predicted molar refractivity (Wildman–Crippen MR) is 101 cm³/mol. The molecule has 2 atom stereocenters. The lowest BCUT2D eigenvalue weighted by Crippen LogP contribution is -2.57. The Balaban J connectivity index is 1.74. The van der Waals surface area contributed by atoms with Crippen LogP contribution in [0.15, 0.2) is 54.4 Å². The zero-order valence-electron chi connectivity index (χ0n) is 13.5. The Morgan fingerprint density at radius 2 is 2.19 bits per heavy atom. The maximum atomic E-state index is 13.1. The molecular formula is C18H15Cl2N3O2S. The standard InChI is InChI=1S/C18H15Cl2N3O2S/c19-12-5-3-4-11(8-12)16-17(24)14-6-1-2-7-22(14)15(23(16)25)9-13-10-21-18(20)26-13/h1-6,8,10,15-16,25H,7,9H2. The van der Waals surface area contributed by atoms with Gasteiger partial charge in [0.15, 0.2) is 4.47 Å². The lowest BCUT2D eigenvalue weighted by atomic mass is 9.94. The van der Waals surface area contributed by atoms with Crippen LogP contribution in [0.25, 0.3) is 0 Å². The largest absolute Gasteiger partial charge is 0.347 e. The number of benzene rings is 1. The van der Waals surface area contributed by atoms with Gasteiger partial charge in [-0.3, -0.25) is 4.79 Å². The summed E-state index contributed by atoms with van der Waals surface area (Å²) in [5, 5.41) is 12.6. The molecule has 0 aliphatic carbocycles. The summed E-state index contributed by atoms with van der Waals surface area (Å²) in [5.74, 6) is -0.155. The Morgan fingerprint density at radius 1 is 1.35 bits per heavy atom. The molecule has 2 aliphatic rings. The van der Waals surface area contributed by atoms with Crippen LogP contribution in [0, 0.1) is 0 Å². The normalized spacial score (nSPS) is 23.1. The van der Waals surface area contributed by atoms with E-state index in [1.807, 2.05) is 17.1 Å². The highest BCUT2D eigenvalue weighted by molar-refractivity contribution is 7.15. The zero-order valence-corrected chi connectivity index (χ0v) is 15.9. The van der Waals surface area contributed by atoms with E-state index >= 15 is 0 Å². The molecule has 1 saturated heterocycles. The van der Waals surface area contributed by atoms with Crippen LogP contribution < -0.4 is 0 Å². The van der Waals surface area contributed by atoms with E-state index in [4.69, 9.17) is 23.2 Å². The summed E-state index contributed by atoms with van der Waals surface area (Å²) >= 11 is 13.4. The highest BCUT2D eigenvalue weighted by Gasteiger charge is 2.44. The van der Waals surface area contributed by atoms with E-state index < -0.39 is 12.2 Å². The van der Waals surface area contributed by atoms with Crippen LogP contribution in [0.5, 0.6) is 0 Å². The fourth-order valence-corrected chi connectivity index (χ4v) is 4.56. The number of Topliss-reactive ketones (excluding diaryl/α,β-unsaturated/α-hetero) is 1. The van der Waals surface area contributed by atoms with Gasteiger partial charge in [0.2, 0.25) is 5.78 Å². The van der Waals surface area contributed by atoms with Crippen LogP contribution in [0.4, 0.5) is 0 Å². The molecule has 1 aromatic heterocycles. The van der Waals surface area contributed by atoms with E-state index in [1.54, 1.807) is 36.5 Å². The number of fused-ring (bicyclic) bond motifs is 1. The lowest BCUT2D eigenvalue weighted by Gasteiger charge is -2.46. The number of hydrogen-bond donors (Lipinski definition) is 1. The van der Waals surface area contributed by atoms with Crippen LogP contribution in [-0.4, -0.2) is 38.6 Å². The van der Waals surface area contributed by atoms with Crippen LogP contribution in [0.1, 0.15) is 16.5 Å². The summed E-state index contributed by atoms with van der Waals surface area (Å²) in [6.45, 7) is 0.550. The number of rotatable bonds is 3. The SMILES string of the molecule is O=C1C2=CC=CCN2C(Cc2cnc(Cl)s2)N(O)C1c1cccc(Cl)c1. The van der Waals surface area contributed by atoms with Gasteiger partial charge >= 0.3 is 0 Å². The van der Waals surface area contributed by atoms with E-state index in [-0.39, 0.29) is 5.78 Å². The molecule has 4 rings (SSSR count). The number of thiazole rings is 1. The number of halogens is 2. The van der Waals surface area contributed by atoms with Gasteiger partial charge in [-0.2, -0.15) is 5.06 Å². The lowest BCUT2D eigenvalue weighted by molar-refractivity contribution is -0.209. The molecule has 134 valence electrons. The quantitative estimate of drug-likeness (QED) is 0.829. The molecule has 3 heterocycles. The first kappa shape index (κ1) is 17.7. The number of allylic oxidation sites excluding steroid dienone is 2. The number of ketones is 1. The van der Waals surface area contributed by atoms with Gasteiger partial charge in [0.25, 0.3) is 0 Å². The average molecular weight is 408 g/mol. The van der Waals surface area contributed by atoms with Crippen molar-refractivity contribution in [2.75, 3.05) is 6.54 Å². The van der Waals surface area contributed by atoms with Gasteiger partial charge in [-0.05, 0) is 23.8 Å². The van der Waals surface area contributed by atoms with Crippen molar-refractivity contribution in [3.05, 3.63) is 74.3 Å². The first-order valence-electron chi connectivity index (χ1n) is 8.05. The molecule has 0 bridgehead atoms. The fourth-order valence-electron chi connectivity index (χ4n) is 3.35. The van der Waals surface area contributed by atoms with Gasteiger partial charge in [0.1, 0.15) is 12.2 Å². The summed E-state index contributed by atoms with van der Waals surface area (Å²) in [6, 6.07) is 6.22. The Kier molecular flexibility index (Phi) is 4.86. The van der Waals surface area contributed by atoms with Gasteiger partial charge in [-0.15, -0.1) is 11.3 Å². The van der Waals surface area contributed by atoms with Gasteiger partial charge in [-0.1, -0.05) is 47.5 Å². The van der Waals surface area contributed by atoms with Crippen molar-refractivity contribution in [1.29, 1.82) is 0 Å². The molecule has 1 aromatic carbocycles. The Labute approximate surface area is 164 Å². The summed E-state index contributed by atoms with van der Waals surface area (Å²) in [7, 11) is 0. The van der Waals surface area contributed by atoms with Crippen molar-refractivity contribution in [3.63, 3.8) is 0 Å². The fraction of sp³-hybridized carbons (Fsp3) is 0.222. The van der Waals surface area contributed by atoms with Crippen LogP contribution in [0.2, 0.25) is 9.49 Å². The molecule has 1 fully saturated rings. The maximum Gasteiger partial charge on any atom is 0.202 e. The van der Waals surface area contributed by atoms with E-state index in [2.05, 4.69) is 4.98 Å². The topological polar surface area (TPSA) is 56.7 Å². The third-order valence-corrected chi connectivity index (χ3v) is 5.88. The van der Waals surface area contributed by atoms with Crippen molar-refractivity contribution in [2.45, 2.75) is 18.6 Å². The van der Waals surface area contributed by atoms with Crippen molar-refractivity contribution < 1.29 is 10.0 Å². The first-order valence-corrected chi connectivity index (χ1v) is 9.62. The van der Waals surface area contributed by atoms with E-state index in [0.29, 0.717) is 33.7 Å². The smallest absolute Gasteiger partial charge is 0.202 e. The van der Waals surface area contributed by atoms with Crippen molar-refractivity contribution in [3.8, 4) is 0 Å². The Hall–Kier alpha value is -1.70. The number of carbonyl (C=O) groups excluding carboxylic acids is 1. The third kappa shape index (κ3) is 3.19. The van der Waals surface area contributed by atoms with E-state index in [0.717, 1.165) is 9.94 Å². The summed E-state index contributed by atoms with van der Waals surface area (Å²) in [6.07, 6.45) is 7.40. The molecule has 0 spiro atoms. The molecule has 5 nitrogen and oxygen atoms in total. The second-order valence-electron chi connectivity index (χ2n) is 6.10. The summed E-state index contributed by atoms with van der Waals surface area (Å²) < 4.78 is 0.456. The molecule has 26 heavy (non-hydrogen) atoms. The van der Waals surface area contributed by atoms with Crippen molar-refractivity contribution in [2.24, 2.45) is 0 Å². The molecular weight excluding hydrogens is 393 g/mol.